The van der Waals surface area contributed by atoms with Crippen LogP contribution in [0.1, 0.15) is 41.8 Å². The summed E-state index contributed by atoms with van der Waals surface area (Å²) < 4.78 is 0. The highest BCUT2D eigenvalue weighted by atomic mass is 35.5. The van der Waals surface area contributed by atoms with Gasteiger partial charge in [-0.05, 0) is 49.0 Å². The number of hydrogen-bond donors (Lipinski definition) is 0. The van der Waals surface area contributed by atoms with Gasteiger partial charge in [0.1, 0.15) is 0 Å². The number of carbonyl (C=O) groups is 1. The summed E-state index contributed by atoms with van der Waals surface area (Å²) in [6.07, 6.45) is 6.36. The van der Waals surface area contributed by atoms with E-state index in [1.165, 1.54) is 38.8 Å². The molecule has 2 nitrogen and oxygen atoms in total. The van der Waals surface area contributed by atoms with Gasteiger partial charge in [0.05, 0.1) is 4.88 Å². The third-order valence-electron chi connectivity index (χ3n) is 4.45. The first-order valence-corrected chi connectivity index (χ1v) is 7.98. The van der Waals surface area contributed by atoms with Gasteiger partial charge in [0.25, 0.3) is 0 Å². The van der Waals surface area contributed by atoms with Gasteiger partial charge in [-0.1, -0.05) is 6.07 Å². The molecule has 3 fully saturated rings. The van der Waals surface area contributed by atoms with Gasteiger partial charge in [0.2, 0.25) is 0 Å². The average molecular weight is 300 g/mol. The fourth-order valence-electron chi connectivity index (χ4n) is 3.40. The van der Waals surface area contributed by atoms with Crippen LogP contribution in [0.4, 0.5) is 0 Å². The lowest BCUT2D eigenvalue weighted by Crippen LogP contribution is -2.30. The largest absolute Gasteiger partial charge is 0.302 e. The predicted molar refractivity (Wildman–Crippen MR) is 82.4 cm³/mol. The molecule has 1 aliphatic carbocycles. The Morgan fingerprint density at radius 2 is 1.84 bits per heavy atom. The minimum absolute atomic E-state index is 0. The van der Waals surface area contributed by atoms with E-state index < -0.39 is 0 Å². The molecule has 3 heterocycles. The molecule has 1 aromatic heterocycles. The molecule has 3 aliphatic rings. The van der Waals surface area contributed by atoms with Gasteiger partial charge in [-0.3, -0.25) is 4.79 Å². The van der Waals surface area contributed by atoms with E-state index in [1.54, 1.807) is 11.3 Å². The Morgan fingerprint density at radius 3 is 2.37 bits per heavy atom. The van der Waals surface area contributed by atoms with E-state index in [4.69, 9.17) is 0 Å². The van der Waals surface area contributed by atoms with Crippen LogP contribution in [0.25, 0.3) is 0 Å². The Hall–Kier alpha value is -0.380. The van der Waals surface area contributed by atoms with Crippen LogP contribution in [0.15, 0.2) is 17.5 Å². The molecule has 0 radical (unpaired) electrons. The molecule has 0 aromatic carbocycles. The lowest BCUT2D eigenvalue weighted by Gasteiger charge is -2.21. The maximum atomic E-state index is 12.0. The van der Waals surface area contributed by atoms with Crippen molar-refractivity contribution in [3.63, 3.8) is 0 Å². The predicted octanol–water partition coefficient (Wildman–Crippen LogP) is 3.86. The van der Waals surface area contributed by atoms with E-state index in [-0.39, 0.29) is 12.4 Å². The Balaban J connectivity index is 0.00000133. The van der Waals surface area contributed by atoms with E-state index in [1.807, 2.05) is 17.5 Å². The van der Waals surface area contributed by atoms with Crippen molar-refractivity contribution < 1.29 is 4.79 Å². The Bertz CT molecular complexity index is 384. The normalized spacial score (nSPS) is 26.7. The highest BCUT2D eigenvalue weighted by Gasteiger charge is 2.29. The van der Waals surface area contributed by atoms with Crippen molar-refractivity contribution in [3.8, 4) is 0 Å². The molecule has 0 atom stereocenters. The zero-order valence-corrected chi connectivity index (χ0v) is 12.8. The van der Waals surface area contributed by atoms with Gasteiger partial charge in [-0.2, -0.15) is 0 Å². The van der Waals surface area contributed by atoms with Crippen LogP contribution in [0.5, 0.6) is 0 Å². The summed E-state index contributed by atoms with van der Waals surface area (Å²) in [5.41, 5.74) is 0. The molecule has 0 spiro atoms. The number of halogens is 1. The van der Waals surface area contributed by atoms with Crippen molar-refractivity contribution in [2.75, 3.05) is 19.6 Å². The third kappa shape index (κ3) is 3.80. The molecule has 2 saturated heterocycles. The number of hydrogen-bond acceptors (Lipinski definition) is 3. The van der Waals surface area contributed by atoms with E-state index in [0.29, 0.717) is 12.2 Å². The van der Waals surface area contributed by atoms with Crippen LogP contribution in [-0.2, 0) is 0 Å². The number of rotatable bonds is 4. The van der Waals surface area contributed by atoms with E-state index in [9.17, 15) is 4.79 Å². The van der Waals surface area contributed by atoms with E-state index in [0.717, 1.165) is 23.3 Å². The maximum absolute atomic E-state index is 12.0. The average Bonchev–Trinajstić information content (AvgIpc) is 2.77. The van der Waals surface area contributed by atoms with Crippen LogP contribution in [0.3, 0.4) is 0 Å². The first-order valence-electron chi connectivity index (χ1n) is 7.10. The summed E-state index contributed by atoms with van der Waals surface area (Å²) in [6, 6.07) is 3.91. The highest BCUT2D eigenvalue weighted by molar-refractivity contribution is 7.12. The van der Waals surface area contributed by atoms with Crippen LogP contribution in [-0.4, -0.2) is 30.3 Å². The molecule has 4 rings (SSSR count). The fourth-order valence-corrected chi connectivity index (χ4v) is 4.10. The number of thiophene rings is 1. The molecule has 0 unspecified atom stereocenters. The first-order chi connectivity index (χ1) is 8.81. The molecule has 4 heteroatoms. The number of ketones is 1. The molecule has 0 amide bonds. The third-order valence-corrected chi connectivity index (χ3v) is 5.36. The molecular weight excluding hydrogens is 278 g/mol. The second kappa shape index (κ2) is 6.87. The van der Waals surface area contributed by atoms with Crippen molar-refractivity contribution in [1.82, 2.24) is 4.90 Å². The van der Waals surface area contributed by atoms with Gasteiger partial charge in [0.15, 0.2) is 5.78 Å². The number of nitrogens with zero attached hydrogens (tertiary/aromatic N) is 1. The standard InChI is InChI=1S/C15H21NOS.ClH/c17-14(15-2-1-9-18-15)7-8-16-10-12-3-4-13(11-16)6-5-12;/h1-2,9,12-13H,3-8,10-11H2;1H. The van der Waals surface area contributed by atoms with Crippen molar-refractivity contribution in [3.05, 3.63) is 22.4 Å². The van der Waals surface area contributed by atoms with Crippen molar-refractivity contribution >= 4 is 29.5 Å². The summed E-state index contributed by atoms with van der Waals surface area (Å²) >= 11 is 1.57. The van der Waals surface area contributed by atoms with Gasteiger partial charge < -0.3 is 4.90 Å². The topological polar surface area (TPSA) is 20.3 Å². The molecule has 1 aromatic rings. The summed E-state index contributed by atoms with van der Waals surface area (Å²) in [5, 5.41) is 1.99. The van der Waals surface area contributed by atoms with Gasteiger partial charge in [-0.25, -0.2) is 0 Å². The fraction of sp³-hybridized carbons (Fsp3) is 0.667. The van der Waals surface area contributed by atoms with Crippen LogP contribution in [0.2, 0.25) is 0 Å². The summed E-state index contributed by atoms with van der Waals surface area (Å²) in [6.45, 7) is 3.42. The van der Waals surface area contributed by atoms with Crippen molar-refractivity contribution in [2.24, 2.45) is 11.8 Å². The maximum Gasteiger partial charge on any atom is 0.174 e. The summed E-state index contributed by atoms with van der Waals surface area (Å²) in [5.74, 6) is 2.13. The lowest BCUT2D eigenvalue weighted by molar-refractivity contribution is 0.0965. The zero-order chi connectivity index (χ0) is 12.4. The smallest absolute Gasteiger partial charge is 0.174 e. The van der Waals surface area contributed by atoms with E-state index in [2.05, 4.69) is 4.90 Å². The quantitative estimate of drug-likeness (QED) is 0.787. The second-order valence-electron chi connectivity index (χ2n) is 5.80. The molecule has 1 saturated carbocycles. The zero-order valence-electron chi connectivity index (χ0n) is 11.2. The van der Waals surface area contributed by atoms with E-state index >= 15 is 0 Å². The molecule has 2 bridgehead atoms. The minimum Gasteiger partial charge on any atom is -0.302 e. The first kappa shape index (κ1) is 15.0. The number of Topliss-reactive ketones (excluding diaryl/α,β-unsaturated/α-hetero) is 1. The van der Waals surface area contributed by atoms with Crippen LogP contribution in [0, 0.1) is 11.8 Å². The van der Waals surface area contributed by atoms with Crippen LogP contribution < -0.4 is 0 Å². The molecule has 2 aliphatic heterocycles. The minimum atomic E-state index is 0. The summed E-state index contributed by atoms with van der Waals surface area (Å²) in [7, 11) is 0. The van der Waals surface area contributed by atoms with Gasteiger partial charge in [-0.15, -0.1) is 23.7 Å². The highest BCUT2D eigenvalue weighted by Crippen LogP contribution is 2.33. The summed E-state index contributed by atoms with van der Waals surface area (Å²) in [4.78, 5) is 15.5. The molecule has 19 heavy (non-hydrogen) atoms. The molecule has 106 valence electrons. The lowest BCUT2D eigenvalue weighted by atomic mass is 9.84. The monoisotopic (exact) mass is 299 g/mol. The number of carbonyl (C=O) groups excluding carboxylic acids is 1. The van der Waals surface area contributed by atoms with Crippen molar-refractivity contribution in [2.45, 2.75) is 32.1 Å². The number of fused-ring (bicyclic) bond motifs is 4. The Morgan fingerprint density at radius 1 is 1.21 bits per heavy atom. The van der Waals surface area contributed by atoms with Crippen molar-refractivity contribution in [1.29, 1.82) is 0 Å². The molecule has 0 N–H and O–H groups in total. The SMILES string of the molecule is Cl.O=C(CCN1CC2CCC(CC2)C1)c1cccs1. The van der Waals surface area contributed by atoms with Crippen LogP contribution >= 0.6 is 23.7 Å². The second-order valence-corrected chi connectivity index (χ2v) is 6.74. The molecular formula is C15H22ClNOS. The Labute approximate surface area is 125 Å². The van der Waals surface area contributed by atoms with Gasteiger partial charge >= 0.3 is 0 Å². The van der Waals surface area contributed by atoms with Gasteiger partial charge in [0, 0.05) is 26.1 Å². The Kier molecular flexibility index (Phi) is 5.43.